The van der Waals surface area contributed by atoms with Gasteiger partial charge in [-0.05, 0) is 65.6 Å². The van der Waals surface area contributed by atoms with Crippen molar-refractivity contribution >= 4 is 56.5 Å². The summed E-state index contributed by atoms with van der Waals surface area (Å²) in [5.74, 6) is 0.564. The van der Waals surface area contributed by atoms with Crippen molar-refractivity contribution < 1.29 is 23.9 Å². The van der Waals surface area contributed by atoms with Crippen LogP contribution in [0.15, 0.2) is 77.3 Å². The van der Waals surface area contributed by atoms with Gasteiger partial charge in [0.05, 0.1) is 17.9 Å². The van der Waals surface area contributed by atoms with Gasteiger partial charge in [-0.2, -0.15) is 0 Å². The molecule has 1 atom stereocenters. The third kappa shape index (κ3) is 5.95. The fourth-order valence-electron chi connectivity index (χ4n) is 3.37. The van der Waals surface area contributed by atoms with Gasteiger partial charge >= 0.3 is 5.97 Å². The van der Waals surface area contributed by atoms with E-state index in [0.29, 0.717) is 29.1 Å². The number of carbonyl (C=O) groups excluding carboxylic acids is 3. The fraction of sp³-hybridized carbons (Fsp3) is 0.115. The van der Waals surface area contributed by atoms with E-state index < -0.39 is 11.2 Å². The van der Waals surface area contributed by atoms with Crippen LogP contribution in [0.3, 0.4) is 0 Å². The number of halogens is 1. The summed E-state index contributed by atoms with van der Waals surface area (Å²) in [7, 11) is 1.36. The Kier molecular flexibility index (Phi) is 7.49. The van der Waals surface area contributed by atoms with Gasteiger partial charge in [-0.15, -0.1) is 0 Å². The minimum atomic E-state index is -0.428. The summed E-state index contributed by atoms with van der Waals surface area (Å²) in [6.07, 6.45) is 2.25. The Morgan fingerprint density at radius 2 is 1.59 bits per heavy atom. The first-order valence-corrected chi connectivity index (χ1v) is 12.0. The average molecular weight is 538 g/mol. The highest BCUT2D eigenvalue weighted by Gasteiger charge is 2.31. The number of imide groups is 1. The fourth-order valence-corrected chi connectivity index (χ4v) is 4.49. The second-order valence-corrected chi connectivity index (χ2v) is 9.55. The molecule has 1 aliphatic heterocycles. The number of nitrogens with one attached hydrogen (secondary N) is 1. The number of thioether (sulfide) groups is 1. The molecule has 4 rings (SSSR count). The van der Waals surface area contributed by atoms with Gasteiger partial charge in [0.2, 0.25) is 5.91 Å². The van der Waals surface area contributed by atoms with Gasteiger partial charge in [0.1, 0.15) is 11.5 Å². The third-order valence-electron chi connectivity index (χ3n) is 5.10. The zero-order valence-electron chi connectivity index (χ0n) is 18.1. The highest BCUT2D eigenvalue weighted by atomic mass is 79.9. The highest BCUT2D eigenvalue weighted by molar-refractivity contribution is 9.10. The van der Waals surface area contributed by atoms with E-state index in [4.69, 9.17) is 9.47 Å². The van der Waals surface area contributed by atoms with Crippen LogP contribution in [0.25, 0.3) is 11.6 Å². The lowest BCUT2D eigenvalue weighted by Crippen LogP contribution is -2.25. The maximum atomic E-state index is 12.4. The van der Waals surface area contributed by atoms with E-state index in [1.165, 1.54) is 7.11 Å². The number of hydrogen-bond donors (Lipinski definition) is 1. The third-order valence-corrected chi connectivity index (χ3v) is 6.61. The lowest BCUT2D eigenvalue weighted by molar-refractivity contribution is -0.133. The molecule has 1 aliphatic rings. The molecule has 0 radical (unpaired) electrons. The molecular weight excluding hydrogens is 518 g/mol. The Morgan fingerprint density at radius 1 is 0.971 bits per heavy atom. The van der Waals surface area contributed by atoms with Gasteiger partial charge in [-0.3, -0.25) is 14.9 Å². The zero-order valence-corrected chi connectivity index (χ0v) is 20.5. The molecule has 0 aliphatic carbocycles. The van der Waals surface area contributed by atoms with E-state index in [-0.39, 0.29) is 11.1 Å². The van der Waals surface area contributed by atoms with Crippen LogP contribution in [-0.2, 0) is 20.7 Å². The second kappa shape index (κ2) is 10.7. The Hall–Kier alpha value is -3.36. The Labute approximate surface area is 209 Å². The predicted octanol–water partition coefficient (Wildman–Crippen LogP) is 5.85. The van der Waals surface area contributed by atoms with Crippen molar-refractivity contribution in [3.05, 3.63) is 94.0 Å². The molecule has 3 aromatic rings. The molecule has 6 nitrogen and oxygen atoms in total. The topological polar surface area (TPSA) is 81.7 Å². The van der Waals surface area contributed by atoms with Gasteiger partial charge in [-0.25, -0.2) is 4.79 Å². The van der Waals surface area contributed by atoms with E-state index in [2.05, 4.69) is 21.2 Å². The molecule has 3 aromatic carbocycles. The Bertz CT molecular complexity index is 1240. The predicted molar refractivity (Wildman–Crippen MR) is 136 cm³/mol. The minimum absolute atomic E-state index is 0.254. The van der Waals surface area contributed by atoms with Crippen LogP contribution >= 0.6 is 27.7 Å². The molecule has 0 bridgehead atoms. The summed E-state index contributed by atoms with van der Waals surface area (Å²) in [5, 5.41) is 1.59. The quantitative estimate of drug-likeness (QED) is 0.231. The summed E-state index contributed by atoms with van der Waals surface area (Å²) in [5.41, 5.74) is 2.96. The van der Waals surface area contributed by atoms with Gasteiger partial charge in [0, 0.05) is 4.47 Å². The number of ether oxygens (including phenoxy) is 2. The monoisotopic (exact) mass is 537 g/mol. The van der Waals surface area contributed by atoms with Crippen LogP contribution in [0.5, 0.6) is 11.5 Å². The Morgan fingerprint density at radius 3 is 2.15 bits per heavy atom. The largest absolute Gasteiger partial charge is 0.465 e. The molecule has 1 saturated heterocycles. The first-order chi connectivity index (χ1) is 16.4. The summed E-state index contributed by atoms with van der Waals surface area (Å²) in [6.45, 7) is 0. The van der Waals surface area contributed by atoms with Gasteiger partial charge < -0.3 is 9.47 Å². The number of hydrogen-bond acceptors (Lipinski definition) is 6. The lowest BCUT2D eigenvalue weighted by atomic mass is 10.0. The van der Waals surface area contributed by atoms with Crippen LogP contribution in [-0.4, -0.2) is 29.5 Å². The summed E-state index contributed by atoms with van der Waals surface area (Å²) < 4.78 is 11.8. The number of rotatable bonds is 7. The van der Waals surface area contributed by atoms with Crippen LogP contribution in [0, 0.1) is 0 Å². The van der Waals surface area contributed by atoms with Crippen LogP contribution in [0.2, 0.25) is 0 Å². The van der Waals surface area contributed by atoms with E-state index in [9.17, 15) is 14.4 Å². The molecule has 1 N–H and O–H groups in total. The van der Waals surface area contributed by atoms with E-state index >= 15 is 0 Å². The van der Waals surface area contributed by atoms with Crippen molar-refractivity contribution in [1.29, 1.82) is 0 Å². The van der Waals surface area contributed by atoms with E-state index in [1.807, 2.05) is 48.5 Å². The van der Waals surface area contributed by atoms with Crippen molar-refractivity contribution in [2.45, 2.75) is 11.7 Å². The van der Waals surface area contributed by atoms with E-state index in [0.717, 1.165) is 27.4 Å². The van der Waals surface area contributed by atoms with Gasteiger partial charge in [-0.1, -0.05) is 64.1 Å². The van der Waals surface area contributed by atoms with Crippen LogP contribution in [0.4, 0.5) is 4.79 Å². The summed E-state index contributed by atoms with van der Waals surface area (Å²) >= 11 is 4.42. The van der Waals surface area contributed by atoms with Crippen LogP contribution < -0.4 is 10.1 Å². The molecular formula is C26H20BrNO5S. The standard InChI is InChI=1S/C26H20BrNO5S/c1-32-25(30)22(14-16-2-8-19(27)9-3-16)18-6-12-21(13-7-18)33-20-10-4-17(5-11-20)15-23-24(29)28-26(31)34-23/h2-14,23H,15H2,1H3,(H,28,29,31)/b22-14+. The smallest absolute Gasteiger partial charge is 0.338 e. The molecule has 0 saturated carbocycles. The van der Waals surface area contributed by atoms with Crippen molar-refractivity contribution in [2.24, 2.45) is 0 Å². The SMILES string of the molecule is COC(=O)/C(=C/c1ccc(Br)cc1)c1ccc(Oc2ccc(CC3SC(=O)NC3=O)cc2)cc1. The van der Waals surface area contributed by atoms with Crippen LogP contribution in [0.1, 0.15) is 16.7 Å². The number of amides is 2. The molecule has 34 heavy (non-hydrogen) atoms. The number of methoxy groups -OCH3 is 1. The van der Waals surface area contributed by atoms with Crippen molar-refractivity contribution in [3.63, 3.8) is 0 Å². The molecule has 172 valence electrons. The number of carbonyl (C=O) groups is 3. The normalized spacial score (nSPS) is 15.7. The van der Waals surface area contributed by atoms with E-state index in [1.54, 1.807) is 30.3 Å². The Balaban J connectivity index is 1.45. The minimum Gasteiger partial charge on any atom is -0.465 e. The zero-order chi connectivity index (χ0) is 24.1. The van der Waals surface area contributed by atoms with Gasteiger partial charge in [0.15, 0.2) is 0 Å². The summed E-state index contributed by atoms with van der Waals surface area (Å²) in [6, 6.07) is 22.2. The van der Waals surface area contributed by atoms with Crippen molar-refractivity contribution in [2.75, 3.05) is 7.11 Å². The van der Waals surface area contributed by atoms with Crippen molar-refractivity contribution in [3.8, 4) is 11.5 Å². The lowest BCUT2D eigenvalue weighted by Gasteiger charge is -2.10. The maximum Gasteiger partial charge on any atom is 0.338 e. The summed E-state index contributed by atoms with van der Waals surface area (Å²) in [4.78, 5) is 35.4. The molecule has 1 unspecified atom stereocenters. The molecule has 0 aromatic heterocycles. The number of esters is 1. The molecule has 1 fully saturated rings. The molecule has 1 heterocycles. The highest BCUT2D eigenvalue weighted by Crippen LogP contribution is 2.28. The van der Waals surface area contributed by atoms with Crippen molar-refractivity contribution in [1.82, 2.24) is 5.32 Å². The average Bonchev–Trinajstić information content (AvgIpc) is 3.16. The first-order valence-electron chi connectivity index (χ1n) is 10.4. The first kappa shape index (κ1) is 23.8. The molecule has 0 spiro atoms. The maximum absolute atomic E-state index is 12.4. The number of benzene rings is 3. The molecule has 8 heteroatoms. The molecule has 2 amide bonds. The van der Waals surface area contributed by atoms with Gasteiger partial charge in [0.25, 0.3) is 5.24 Å². The second-order valence-electron chi connectivity index (χ2n) is 7.46.